The normalized spacial score (nSPS) is 20.3. The highest BCUT2D eigenvalue weighted by Crippen LogP contribution is 2.15. The highest BCUT2D eigenvalue weighted by Gasteiger charge is 2.20. The Morgan fingerprint density at radius 2 is 1.87 bits per heavy atom. The third-order valence-electron chi connectivity index (χ3n) is 4.78. The van der Waals surface area contributed by atoms with Gasteiger partial charge in [0, 0.05) is 32.1 Å². The number of ether oxygens (including phenoxy) is 1. The molecule has 0 bridgehead atoms. The molecular formula is C18H27N3O2. The van der Waals surface area contributed by atoms with Gasteiger partial charge in [0.15, 0.2) is 0 Å². The third kappa shape index (κ3) is 4.77. The van der Waals surface area contributed by atoms with Crippen molar-refractivity contribution in [3.63, 3.8) is 0 Å². The zero-order chi connectivity index (χ0) is 15.9. The predicted molar refractivity (Wildman–Crippen MR) is 90.0 cm³/mol. The number of amides is 1. The maximum absolute atomic E-state index is 12.3. The van der Waals surface area contributed by atoms with Crippen LogP contribution in [0.1, 0.15) is 24.0 Å². The standard InChI is InChI=1S/C18H27N3O2/c22-18(15-5-7-19-8-6-15)20-13-16-3-1-2-4-17(16)14-21-9-11-23-12-10-21/h1-4,15,19H,5-14H2,(H,20,22). The predicted octanol–water partition coefficient (Wildman–Crippen LogP) is 1.13. The van der Waals surface area contributed by atoms with Crippen LogP contribution in [0.15, 0.2) is 24.3 Å². The fourth-order valence-corrected chi connectivity index (χ4v) is 3.30. The van der Waals surface area contributed by atoms with Crippen molar-refractivity contribution in [2.75, 3.05) is 39.4 Å². The van der Waals surface area contributed by atoms with Gasteiger partial charge in [-0.25, -0.2) is 0 Å². The van der Waals surface area contributed by atoms with Crippen LogP contribution in [-0.2, 0) is 22.6 Å². The summed E-state index contributed by atoms with van der Waals surface area (Å²) < 4.78 is 5.41. The second kappa shape index (κ2) is 8.43. The molecule has 2 N–H and O–H groups in total. The lowest BCUT2D eigenvalue weighted by atomic mass is 9.97. The van der Waals surface area contributed by atoms with Gasteiger partial charge in [0.1, 0.15) is 0 Å². The summed E-state index contributed by atoms with van der Waals surface area (Å²) in [6.07, 6.45) is 1.89. The van der Waals surface area contributed by atoms with Gasteiger partial charge in [-0.05, 0) is 37.1 Å². The molecule has 0 saturated carbocycles. The molecule has 0 spiro atoms. The average molecular weight is 317 g/mol. The number of nitrogens with zero attached hydrogens (tertiary/aromatic N) is 1. The lowest BCUT2D eigenvalue weighted by molar-refractivity contribution is -0.125. The van der Waals surface area contributed by atoms with E-state index in [0.29, 0.717) is 6.54 Å². The van der Waals surface area contributed by atoms with Gasteiger partial charge in [0.25, 0.3) is 0 Å². The first-order valence-corrected chi connectivity index (χ1v) is 8.68. The molecule has 0 aromatic heterocycles. The van der Waals surface area contributed by atoms with Crippen molar-refractivity contribution in [1.29, 1.82) is 0 Å². The van der Waals surface area contributed by atoms with Crippen LogP contribution in [0.5, 0.6) is 0 Å². The minimum atomic E-state index is 0.169. The fourth-order valence-electron chi connectivity index (χ4n) is 3.30. The summed E-state index contributed by atoms with van der Waals surface area (Å²) in [4.78, 5) is 14.7. The van der Waals surface area contributed by atoms with E-state index < -0.39 is 0 Å². The van der Waals surface area contributed by atoms with Crippen LogP contribution >= 0.6 is 0 Å². The number of rotatable bonds is 5. The van der Waals surface area contributed by atoms with Crippen molar-refractivity contribution in [2.45, 2.75) is 25.9 Å². The molecule has 23 heavy (non-hydrogen) atoms. The molecular weight excluding hydrogens is 290 g/mol. The molecule has 0 aliphatic carbocycles. The molecule has 1 aromatic carbocycles. The van der Waals surface area contributed by atoms with E-state index in [0.717, 1.165) is 58.8 Å². The van der Waals surface area contributed by atoms with E-state index in [2.05, 4.69) is 39.8 Å². The number of nitrogens with one attached hydrogen (secondary N) is 2. The summed E-state index contributed by atoms with van der Waals surface area (Å²) in [5, 5.41) is 6.44. The van der Waals surface area contributed by atoms with Crippen molar-refractivity contribution in [3.05, 3.63) is 35.4 Å². The number of piperidine rings is 1. The Hall–Kier alpha value is -1.43. The molecule has 0 radical (unpaired) electrons. The number of benzene rings is 1. The zero-order valence-corrected chi connectivity index (χ0v) is 13.7. The monoisotopic (exact) mass is 317 g/mol. The minimum Gasteiger partial charge on any atom is -0.379 e. The summed E-state index contributed by atoms with van der Waals surface area (Å²) in [7, 11) is 0. The Balaban J connectivity index is 1.55. The topological polar surface area (TPSA) is 53.6 Å². The second-order valence-corrected chi connectivity index (χ2v) is 6.40. The molecule has 2 aliphatic heterocycles. The Labute approximate surface area is 138 Å². The molecule has 3 rings (SSSR count). The molecule has 0 unspecified atom stereocenters. The van der Waals surface area contributed by atoms with E-state index in [1.54, 1.807) is 0 Å². The summed E-state index contributed by atoms with van der Waals surface area (Å²) in [6, 6.07) is 8.42. The van der Waals surface area contributed by atoms with Crippen LogP contribution in [0.25, 0.3) is 0 Å². The van der Waals surface area contributed by atoms with Crippen LogP contribution in [0.3, 0.4) is 0 Å². The Bertz CT molecular complexity index is 509. The number of hydrogen-bond acceptors (Lipinski definition) is 4. The molecule has 5 heteroatoms. The Morgan fingerprint density at radius 1 is 1.17 bits per heavy atom. The third-order valence-corrected chi connectivity index (χ3v) is 4.78. The molecule has 0 atom stereocenters. The van der Waals surface area contributed by atoms with E-state index in [-0.39, 0.29) is 11.8 Å². The zero-order valence-electron chi connectivity index (χ0n) is 13.7. The number of hydrogen-bond donors (Lipinski definition) is 2. The number of morpholine rings is 1. The largest absolute Gasteiger partial charge is 0.379 e. The van der Waals surface area contributed by atoms with Gasteiger partial charge in [0.05, 0.1) is 13.2 Å². The van der Waals surface area contributed by atoms with Gasteiger partial charge in [-0.1, -0.05) is 24.3 Å². The molecule has 2 heterocycles. The summed E-state index contributed by atoms with van der Waals surface area (Å²) >= 11 is 0. The van der Waals surface area contributed by atoms with E-state index in [1.165, 1.54) is 11.1 Å². The highest BCUT2D eigenvalue weighted by molar-refractivity contribution is 5.78. The van der Waals surface area contributed by atoms with E-state index in [1.807, 2.05) is 0 Å². The van der Waals surface area contributed by atoms with Crippen LogP contribution in [-0.4, -0.2) is 50.2 Å². The van der Waals surface area contributed by atoms with Crippen LogP contribution in [0.2, 0.25) is 0 Å². The second-order valence-electron chi connectivity index (χ2n) is 6.40. The van der Waals surface area contributed by atoms with Crippen molar-refractivity contribution in [1.82, 2.24) is 15.5 Å². The first-order chi connectivity index (χ1) is 11.3. The molecule has 5 nitrogen and oxygen atoms in total. The average Bonchev–Trinajstić information content (AvgIpc) is 2.62. The van der Waals surface area contributed by atoms with Crippen molar-refractivity contribution < 1.29 is 9.53 Å². The maximum Gasteiger partial charge on any atom is 0.223 e. The van der Waals surface area contributed by atoms with Crippen LogP contribution in [0.4, 0.5) is 0 Å². The van der Waals surface area contributed by atoms with Crippen LogP contribution < -0.4 is 10.6 Å². The number of carbonyl (C=O) groups is 1. The first kappa shape index (κ1) is 16.4. The first-order valence-electron chi connectivity index (χ1n) is 8.68. The molecule has 2 aliphatic rings. The van der Waals surface area contributed by atoms with Crippen LogP contribution in [0, 0.1) is 5.92 Å². The SMILES string of the molecule is O=C(NCc1ccccc1CN1CCOCC1)C1CCNCC1. The lowest BCUT2D eigenvalue weighted by Gasteiger charge is -2.27. The molecule has 2 saturated heterocycles. The molecule has 1 aromatic rings. The fraction of sp³-hybridized carbons (Fsp3) is 0.611. The van der Waals surface area contributed by atoms with Gasteiger partial charge >= 0.3 is 0 Å². The molecule has 126 valence electrons. The Morgan fingerprint density at radius 3 is 2.61 bits per heavy atom. The smallest absolute Gasteiger partial charge is 0.223 e. The maximum atomic E-state index is 12.3. The van der Waals surface area contributed by atoms with Gasteiger partial charge in [-0.15, -0.1) is 0 Å². The summed E-state index contributed by atoms with van der Waals surface area (Å²) in [6.45, 7) is 7.05. The molecule has 1 amide bonds. The van der Waals surface area contributed by atoms with E-state index in [4.69, 9.17) is 4.74 Å². The van der Waals surface area contributed by atoms with Crippen molar-refractivity contribution in [2.24, 2.45) is 5.92 Å². The minimum absolute atomic E-state index is 0.169. The van der Waals surface area contributed by atoms with E-state index in [9.17, 15) is 4.79 Å². The van der Waals surface area contributed by atoms with Crippen molar-refractivity contribution in [3.8, 4) is 0 Å². The quantitative estimate of drug-likeness (QED) is 0.855. The Kier molecular flexibility index (Phi) is 6.02. The molecule has 2 fully saturated rings. The summed E-state index contributed by atoms with van der Waals surface area (Å²) in [5.41, 5.74) is 2.53. The lowest BCUT2D eigenvalue weighted by Crippen LogP contribution is -2.38. The summed E-state index contributed by atoms with van der Waals surface area (Å²) in [5.74, 6) is 0.371. The van der Waals surface area contributed by atoms with Crippen molar-refractivity contribution >= 4 is 5.91 Å². The highest BCUT2D eigenvalue weighted by atomic mass is 16.5. The van der Waals surface area contributed by atoms with Gasteiger partial charge in [-0.3, -0.25) is 9.69 Å². The number of carbonyl (C=O) groups excluding carboxylic acids is 1. The van der Waals surface area contributed by atoms with E-state index >= 15 is 0 Å². The van der Waals surface area contributed by atoms with Gasteiger partial charge < -0.3 is 15.4 Å². The van der Waals surface area contributed by atoms with Gasteiger partial charge in [0.2, 0.25) is 5.91 Å². The van der Waals surface area contributed by atoms with Gasteiger partial charge in [-0.2, -0.15) is 0 Å².